The van der Waals surface area contributed by atoms with Crippen LogP contribution < -0.4 is 4.74 Å². The average molecular weight is 457 g/mol. The molecule has 0 unspecified atom stereocenters. The number of halogens is 1. The molecule has 0 radical (unpaired) electrons. The number of carbonyl (C=O) groups is 1. The van der Waals surface area contributed by atoms with Gasteiger partial charge in [0, 0.05) is 35.3 Å². The first-order valence-electron chi connectivity index (χ1n) is 8.57. The van der Waals surface area contributed by atoms with Gasteiger partial charge in [-0.15, -0.1) is 0 Å². The number of carbonyl (C=O) groups excluding carboxylic acids is 1. The highest BCUT2D eigenvalue weighted by Gasteiger charge is 2.25. The number of non-ortho nitro benzene ring substituents is 1. The Morgan fingerprint density at radius 1 is 1.30 bits per heavy atom. The summed E-state index contributed by atoms with van der Waals surface area (Å²) in [6, 6.07) is 8.08. The largest absolute Gasteiger partial charge is 0.467 e. The van der Waals surface area contributed by atoms with Crippen LogP contribution in [0.1, 0.15) is 11.1 Å². The molecule has 0 N–H and O–H groups in total. The van der Waals surface area contributed by atoms with E-state index in [0.29, 0.717) is 21.9 Å². The van der Waals surface area contributed by atoms with Gasteiger partial charge in [-0.2, -0.15) is 4.31 Å². The molecule has 12 heteroatoms. The minimum absolute atomic E-state index is 0.0247. The van der Waals surface area contributed by atoms with Gasteiger partial charge in [0.15, 0.2) is 6.79 Å². The first-order chi connectivity index (χ1) is 14.2. The molecule has 1 aliphatic heterocycles. The van der Waals surface area contributed by atoms with Gasteiger partial charge in [0.2, 0.25) is 10.0 Å². The van der Waals surface area contributed by atoms with Gasteiger partial charge in [-0.25, -0.2) is 8.42 Å². The smallest absolute Gasteiger partial charge is 0.321 e. The lowest BCUT2D eigenvalue weighted by atomic mass is 10.1. The van der Waals surface area contributed by atoms with Crippen molar-refractivity contribution in [2.75, 3.05) is 20.4 Å². The Labute approximate surface area is 177 Å². The van der Waals surface area contributed by atoms with Gasteiger partial charge in [-0.05, 0) is 24.3 Å². The second kappa shape index (κ2) is 8.96. The number of likely N-dealkylation sites (N-methyl/N-ethyl adjacent to an activating group) is 1. The molecular formula is C18H17ClN2O8S. The van der Waals surface area contributed by atoms with Crippen LogP contribution >= 0.6 is 11.6 Å². The Balaban J connectivity index is 1.69. The molecular weight excluding hydrogens is 440 g/mol. The number of rotatable bonds is 7. The summed E-state index contributed by atoms with van der Waals surface area (Å²) >= 11 is 5.76. The number of ether oxygens (including phenoxy) is 3. The lowest BCUT2D eigenvalue weighted by Crippen LogP contribution is -2.33. The quantitative estimate of drug-likeness (QED) is 0.353. The monoisotopic (exact) mass is 456 g/mol. The molecule has 0 bridgehead atoms. The van der Waals surface area contributed by atoms with Crippen LogP contribution in [0.15, 0.2) is 41.3 Å². The van der Waals surface area contributed by atoms with E-state index >= 15 is 0 Å². The Morgan fingerprint density at radius 2 is 2.00 bits per heavy atom. The van der Waals surface area contributed by atoms with Crippen molar-refractivity contribution in [3.8, 4) is 5.75 Å². The summed E-state index contributed by atoms with van der Waals surface area (Å²) < 4.78 is 41.5. The molecule has 0 fully saturated rings. The van der Waals surface area contributed by atoms with Crippen LogP contribution in [0.3, 0.4) is 0 Å². The van der Waals surface area contributed by atoms with Gasteiger partial charge in [-0.3, -0.25) is 14.9 Å². The number of fused-ring (bicyclic) bond motifs is 1. The fraction of sp³-hybridized carbons (Fsp3) is 0.278. The van der Waals surface area contributed by atoms with Gasteiger partial charge in [-0.1, -0.05) is 11.6 Å². The van der Waals surface area contributed by atoms with Crippen LogP contribution in [0, 0.1) is 10.1 Å². The van der Waals surface area contributed by atoms with E-state index in [0.717, 1.165) is 4.31 Å². The van der Waals surface area contributed by atoms with E-state index in [4.69, 9.17) is 25.8 Å². The van der Waals surface area contributed by atoms with Gasteiger partial charge in [0.05, 0.1) is 16.4 Å². The summed E-state index contributed by atoms with van der Waals surface area (Å²) in [5, 5.41) is 11.5. The third-order valence-corrected chi connectivity index (χ3v) is 6.31. The maximum absolute atomic E-state index is 12.5. The second-order valence-corrected chi connectivity index (χ2v) is 8.82. The molecule has 0 amide bonds. The van der Waals surface area contributed by atoms with Gasteiger partial charge >= 0.3 is 5.97 Å². The van der Waals surface area contributed by atoms with Crippen LogP contribution in [-0.4, -0.2) is 44.0 Å². The molecule has 0 spiro atoms. The van der Waals surface area contributed by atoms with E-state index in [2.05, 4.69) is 0 Å². The number of nitro groups is 1. The summed E-state index contributed by atoms with van der Waals surface area (Å²) in [5.41, 5.74) is 0.555. The summed E-state index contributed by atoms with van der Waals surface area (Å²) in [5.74, 6) is -0.482. The maximum Gasteiger partial charge on any atom is 0.321 e. The minimum atomic E-state index is -3.92. The van der Waals surface area contributed by atoms with Crippen molar-refractivity contribution in [1.29, 1.82) is 0 Å². The van der Waals surface area contributed by atoms with Crippen LogP contribution in [0.5, 0.6) is 5.75 Å². The zero-order chi connectivity index (χ0) is 21.9. The van der Waals surface area contributed by atoms with Crippen LogP contribution in [0.25, 0.3) is 0 Å². The fourth-order valence-electron chi connectivity index (χ4n) is 2.75. The fourth-order valence-corrected chi connectivity index (χ4v) is 3.99. The van der Waals surface area contributed by atoms with Gasteiger partial charge in [0.1, 0.15) is 18.9 Å². The van der Waals surface area contributed by atoms with Crippen molar-refractivity contribution in [2.24, 2.45) is 0 Å². The number of hydrogen-bond donors (Lipinski definition) is 0. The van der Waals surface area contributed by atoms with Crippen molar-refractivity contribution in [2.45, 2.75) is 18.1 Å². The van der Waals surface area contributed by atoms with Gasteiger partial charge < -0.3 is 14.2 Å². The SMILES string of the molecule is CN(CC(=O)OCc1cc([N+](=O)[O-])cc2c1OCOC2)S(=O)(=O)c1ccc(Cl)cc1. The van der Waals surface area contributed by atoms with E-state index in [-0.39, 0.29) is 30.6 Å². The van der Waals surface area contributed by atoms with Crippen LogP contribution in [0.2, 0.25) is 5.02 Å². The highest BCUT2D eigenvalue weighted by molar-refractivity contribution is 7.89. The average Bonchev–Trinajstić information content (AvgIpc) is 2.72. The van der Waals surface area contributed by atoms with Crippen molar-refractivity contribution in [1.82, 2.24) is 4.31 Å². The Kier molecular flexibility index (Phi) is 6.56. The van der Waals surface area contributed by atoms with E-state index < -0.39 is 27.5 Å². The van der Waals surface area contributed by atoms with E-state index in [1.807, 2.05) is 0 Å². The summed E-state index contributed by atoms with van der Waals surface area (Å²) in [4.78, 5) is 22.7. The normalized spacial score (nSPS) is 13.4. The lowest BCUT2D eigenvalue weighted by Gasteiger charge is -2.21. The van der Waals surface area contributed by atoms with Gasteiger partial charge in [0.25, 0.3) is 5.69 Å². The van der Waals surface area contributed by atoms with Crippen molar-refractivity contribution in [3.05, 3.63) is 62.7 Å². The van der Waals surface area contributed by atoms with Crippen molar-refractivity contribution in [3.63, 3.8) is 0 Å². The molecule has 0 saturated carbocycles. The standard InChI is InChI=1S/C18H17ClN2O8S/c1-20(30(25,26)16-4-2-14(19)3-5-16)8-17(22)28-10-13-7-15(21(23)24)6-12-9-27-11-29-18(12)13/h2-7H,8-11H2,1H3. The molecule has 0 atom stereocenters. The highest BCUT2D eigenvalue weighted by Crippen LogP contribution is 2.33. The second-order valence-electron chi connectivity index (χ2n) is 6.34. The zero-order valence-corrected chi connectivity index (χ0v) is 17.3. The molecule has 1 heterocycles. The molecule has 1 aliphatic rings. The number of esters is 1. The Bertz CT molecular complexity index is 1070. The summed E-state index contributed by atoms with van der Waals surface area (Å²) in [6.07, 6.45) is 0. The predicted molar refractivity (Wildman–Crippen MR) is 104 cm³/mol. The molecule has 10 nitrogen and oxygen atoms in total. The first kappa shape index (κ1) is 22.0. The third kappa shape index (κ3) is 4.87. The Morgan fingerprint density at radius 3 is 2.67 bits per heavy atom. The van der Waals surface area contributed by atoms with Crippen LogP contribution in [0.4, 0.5) is 5.69 Å². The predicted octanol–water partition coefficient (Wildman–Crippen LogP) is 2.48. The maximum atomic E-state index is 12.5. The number of benzene rings is 2. The van der Waals surface area contributed by atoms with Crippen LogP contribution in [-0.2, 0) is 37.5 Å². The third-order valence-electron chi connectivity index (χ3n) is 4.24. The van der Waals surface area contributed by atoms with E-state index in [1.165, 1.54) is 43.4 Å². The minimum Gasteiger partial charge on any atom is -0.467 e. The first-order valence-corrected chi connectivity index (χ1v) is 10.4. The molecule has 0 aliphatic carbocycles. The molecule has 0 saturated heterocycles. The van der Waals surface area contributed by atoms with E-state index in [1.54, 1.807) is 0 Å². The molecule has 0 aromatic heterocycles. The summed E-state index contributed by atoms with van der Waals surface area (Å²) in [6.45, 7) is -0.780. The zero-order valence-electron chi connectivity index (χ0n) is 15.7. The van der Waals surface area contributed by atoms with Crippen molar-refractivity contribution >= 4 is 33.3 Å². The number of sulfonamides is 1. The molecule has 30 heavy (non-hydrogen) atoms. The highest BCUT2D eigenvalue weighted by atomic mass is 35.5. The van der Waals surface area contributed by atoms with E-state index in [9.17, 15) is 23.3 Å². The number of hydrogen-bond acceptors (Lipinski definition) is 8. The number of nitrogens with zero attached hydrogens (tertiary/aromatic N) is 2. The molecule has 160 valence electrons. The lowest BCUT2D eigenvalue weighted by molar-refractivity contribution is -0.385. The molecule has 2 aromatic rings. The molecule has 2 aromatic carbocycles. The van der Waals surface area contributed by atoms with Crippen molar-refractivity contribution < 1.29 is 32.3 Å². The topological polar surface area (TPSA) is 125 Å². The number of nitro benzene ring substituents is 1. The summed E-state index contributed by atoms with van der Waals surface area (Å²) in [7, 11) is -2.69. The Hall–Kier alpha value is -2.73. The molecule has 3 rings (SSSR count).